The molecule has 0 unspecified atom stereocenters. The van der Waals surface area contributed by atoms with Gasteiger partial charge in [0, 0.05) is 10.7 Å². The van der Waals surface area contributed by atoms with Crippen LogP contribution in [0.1, 0.15) is 17.3 Å². The molecule has 0 aliphatic carbocycles. The van der Waals surface area contributed by atoms with Gasteiger partial charge in [-0.05, 0) is 19.1 Å². The third-order valence-electron chi connectivity index (χ3n) is 2.57. The van der Waals surface area contributed by atoms with E-state index < -0.39 is 18.1 Å². The van der Waals surface area contributed by atoms with Gasteiger partial charge < -0.3 is 5.32 Å². The van der Waals surface area contributed by atoms with E-state index in [9.17, 15) is 18.0 Å². The van der Waals surface area contributed by atoms with E-state index in [0.717, 1.165) is 6.92 Å². The van der Waals surface area contributed by atoms with Crippen molar-refractivity contribution in [2.75, 3.05) is 0 Å². The highest BCUT2D eigenvalue weighted by Gasteiger charge is 2.37. The highest BCUT2D eigenvalue weighted by molar-refractivity contribution is 9.10. The number of rotatable bonds is 2. The van der Waals surface area contributed by atoms with Gasteiger partial charge in [0.2, 0.25) is 0 Å². The number of aromatic nitrogens is 2. The van der Waals surface area contributed by atoms with Crippen molar-refractivity contribution < 1.29 is 18.0 Å². The highest BCUT2D eigenvalue weighted by atomic mass is 79.9. The van der Waals surface area contributed by atoms with Crippen LogP contribution >= 0.6 is 15.9 Å². The molecule has 1 N–H and O–H groups in total. The van der Waals surface area contributed by atoms with E-state index in [1.807, 2.05) is 5.32 Å². The van der Waals surface area contributed by atoms with Crippen LogP contribution in [-0.2, 0) is 0 Å². The van der Waals surface area contributed by atoms with Crippen LogP contribution in [0.3, 0.4) is 0 Å². The van der Waals surface area contributed by atoms with Gasteiger partial charge in [-0.1, -0.05) is 15.9 Å². The normalized spacial score (nSPS) is 13.5. The van der Waals surface area contributed by atoms with E-state index in [2.05, 4.69) is 21.0 Å². The van der Waals surface area contributed by atoms with Crippen molar-refractivity contribution in [3.05, 3.63) is 34.6 Å². The average Bonchev–Trinajstić information content (AvgIpc) is 2.70. The Morgan fingerprint density at radius 1 is 1.53 bits per heavy atom. The Morgan fingerprint density at radius 2 is 2.21 bits per heavy atom. The maximum atomic E-state index is 12.4. The zero-order chi connectivity index (χ0) is 14.2. The van der Waals surface area contributed by atoms with Gasteiger partial charge in [0.15, 0.2) is 0 Å². The first-order chi connectivity index (χ1) is 8.79. The molecule has 0 fully saturated rings. The molecule has 0 spiro atoms. The van der Waals surface area contributed by atoms with Crippen LogP contribution in [0.25, 0.3) is 5.52 Å². The fourth-order valence-corrected chi connectivity index (χ4v) is 1.82. The molecule has 2 aromatic heterocycles. The highest BCUT2D eigenvalue weighted by Crippen LogP contribution is 2.21. The molecule has 2 rings (SSSR count). The van der Waals surface area contributed by atoms with Gasteiger partial charge in [0.05, 0.1) is 17.3 Å². The fraction of sp³-hybridized carbons (Fsp3) is 0.273. The quantitative estimate of drug-likeness (QED) is 0.917. The molecule has 0 aromatic carbocycles. The van der Waals surface area contributed by atoms with Gasteiger partial charge in [0.1, 0.15) is 6.04 Å². The zero-order valence-corrected chi connectivity index (χ0v) is 11.3. The molecular weight excluding hydrogens is 327 g/mol. The van der Waals surface area contributed by atoms with E-state index in [-0.39, 0.29) is 5.56 Å². The summed E-state index contributed by atoms with van der Waals surface area (Å²) < 4.78 is 39.3. The number of alkyl halides is 3. The molecule has 0 aliphatic rings. The Kier molecular flexibility index (Phi) is 3.53. The molecule has 0 bridgehead atoms. The second kappa shape index (κ2) is 4.84. The zero-order valence-electron chi connectivity index (χ0n) is 9.70. The van der Waals surface area contributed by atoms with E-state index in [1.165, 1.54) is 10.7 Å². The van der Waals surface area contributed by atoms with Gasteiger partial charge in [-0.25, -0.2) is 4.52 Å². The maximum Gasteiger partial charge on any atom is 0.408 e. The number of halogens is 4. The molecule has 1 amide bonds. The van der Waals surface area contributed by atoms with Crippen LogP contribution in [0, 0.1) is 0 Å². The number of nitrogens with one attached hydrogen (secondary N) is 1. The first kappa shape index (κ1) is 13.9. The maximum absolute atomic E-state index is 12.4. The monoisotopic (exact) mass is 335 g/mol. The van der Waals surface area contributed by atoms with Crippen molar-refractivity contribution >= 4 is 27.4 Å². The van der Waals surface area contributed by atoms with Crippen LogP contribution in [0.2, 0.25) is 0 Å². The summed E-state index contributed by atoms with van der Waals surface area (Å²) in [5, 5.41) is 5.81. The summed E-state index contributed by atoms with van der Waals surface area (Å²) in [6, 6.07) is 1.40. The van der Waals surface area contributed by atoms with Crippen LogP contribution in [0.5, 0.6) is 0 Å². The number of carbonyl (C=O) groups is 1. The minimum atomic E-state index is -4.47. The van der Waals surface area contributed by atoms with Crippen LogP contribution in [-0.4, -0.2) is 27.7 Å². The van der Waals surface area contributed by atoms with Crippen LogP contribution < -0.4 is 5.32 Å². The summed E-state index contributed by atoms with van der Waals surface area (Å²) in [4.78, 5) is 11.8. The lowest BCUT2D eigenvalue weighted by Gasteiger charge is -2.16. The summed E-state index contributed by atoms with van der Waals surface area (Å²) in [7, 11) is 0. The molecule has 19 heavy (non-hydrogen) atoms. The van der Waals surface area contributed by atoms with Crippen molar-refractivity contribution in [3.63, 3.8) is 0 Å². The number of amides is 1. The molecule has 102 valence electrons. The number of pyridine rings is 1. The van der Waals surface area contributed by atoms with E-state index in [4.69, 9.17) is 0 Å². The van der Waals surface area contributed by atoms with Gasteiger partial charge in [-0.15, -0.1) is 0 Å². The molecule has 8 heteroatoms. The molecular formula is C11H9BrF3N3O. The van der Waals surface area contributed by atoms with Crippen molar-refractivity contribution in [1.29, 1.82) is 0 Å². The third-order valence-corrected chi connectivity index (χ3v) is 3.06. The minimum Gasteiger partial charge on any atom is -0.340 e. The van der Waals surface area contributed by atoms with Gasteiger partial charge >= 0.3 is 6.18 Å². The predicted molar refractivity (Wildman–Crippen MR) is 65.9 cm³/mol. The molecule has 4 nitrogen and oxygen atoms in total. The van der Waals surface area contributed by atoms with Crippen LogP contribution in [0.4, 0.5) is 13.2 Å². The number of carbonyl (C=O) groups excluding carboxylic acids is 1. The molecule has 1 atom stereocenters. The average molecular weight is 336 g/mol. The number of fused-ring (bicyclic) bond motifs is 1. The predicted octanol–water partition coefficient (Wildman–Crippen LogP) is 2.78. The van der Waals surface area contributed by atoms with E-state index in [0.29, 0.717) is 9.99 Å². The number of hydrogen-bond acceptors (Lipinski definition) is 2. The summed E-state index contributed by atoms with van der Waals surface area (Å²) in [6.45, 7) is 0.888. The third kappa shape index (κ3) is 2.89. The summed E-state index contributed by atoms with van der Waals surface area (Å²) in [6.07, 6.45) is -1.64. The summed E-state index contributed by atoms with van der Waals surface area (Å²) in [5.41, 5.74) is 0.527. The SMILES string of the molecule is C[C@@H](NC(=O)c1cnn2ccc(Br)cc12)C(F)(F)F. The number of hydrogen-bond donors (Lipinski definition) is 1. The van der Waals surface area contributed by atoms with E-state index >= 15 is 0 Å². The molecule has 0 aliphatic heterocycles. The Hall–Kier alpha value is -1.57. The smallest absolute Gasteiger partial charge is 0.340 e. The first-order valence-electron chi connectivity index (χ1n) is 5.29. The fourth-order valence-electron chi connectivity index (χ4n) is 1.49. The largest absolute Gasteiger partial charge is 0.408 e. The van der Waals surface area contributed by atoms with Crippen LogP contribution in [0.15, 0.2) is 29.0 Å². The van der Waals surface area contributed by atoms with Gasteiger partial charge in [-0.3, -0.25) is 4.79 Å². The lowest BCUT2D eigenvalue weighted by atomic mass is 10.2. The molecule has 2 aromatic rings. The first-order valence-corrected chi connectivity index (χ1v) is 6.09. The summed E-state index contributed by atoms with van der Waals surface area (Å²) in [5.74, 6) is -0.807. The Bertz CT molecular complexity index is 623. The molecule has 0 saturated carbocycles. The minimum absolute atomic E-state index is 0.0948. The lowest BCUT2D eigenvalue weighted by molar-refractivity contribution is -0.149. The van der Waals surface area contributed by atoms with Crippen molar-refractivity contribution in [1.82, 2.24) is 14.9 Å². The Balaban J connectivity index is 2.29. The number of nitrogens with zero attached hydrogens (tertiary/aromatic N) is 2. The van der Waals surface area contributed by atoms with Gasteiger partial charge in [-0.2, -0.15) is 18.3 Å². The molecule has 2 heterocycles. The Labute approximate surface area is 114 Å². The van der Waals surface area contributed by atoms with Crippen molar-refractivity contribution in [3.8, 4) is 0 Å². The second-order valence-corrected chi connectivity index (χ2v) is 4.89. The lowest BCUT2D eigenvalue weighted by Crippen LogP contribution is -2.43. The van der Waals surface area contributed by atoms with E-state index in [1.54, 1.807) is 18.3 Å². The Morgan fingerprint density at radius 3 is 2.84 bits per heavy atom. The van der Waals surface area contributed by atoms with Crippen molar-refractivity contribution in [2.24, 2.45) is 0 Å². The molecule has 0 radical (unpaired) electrons. The summed E-state index contributed by atoms with van der Waals surface area (Å²) >= 11 is 3.23. The topological polar surface area (TPSA) is 46.4 Å². The standard InChI is InChI=1S/C11H9BrF3N3O/c1-6(11(13,14)15)17-10(19)8-5-16-18-3-2-7(12)4-9(8)18/h2-6H,1H3,(H,17,19)/t6-/m1/s1. The second-order valence-electron chi connectivity index (χ2n) is 3.97. The van der Waals surface area contributed by atoms with Gasteiger partial charge in [0.25, 0.3) is 5.91 Å². The molecule has 0 saturated heterocycles. The van der Waals surface area contributed by atoms with Crippen molar-refractivity contribution in [2.45, 2.75) is 19.1 Å².